The van der Waals surface area contributed by atoms with E-state index < -0.39 is 0 Å². The molecule has 0 amide bonds. The predicted octanol–water partition coefficient (Wildman–Crippen LogP) is 5.93. The van der Waals surface area contributed by atoms with Crippen LogP contribution in [0.4, 0.5) is 0 Å². The summed E-state index contributed by atoms with van der Waals surface area (Å²) in [5.74, 6) is 1.20. The lowest BCUT2D eigenvalue weighted by atomic mass is 9.44. The van der Waals surface area contributed by atoms with Crippen molar-refractivity contribution in [2.75, 3.05) is 13.6 Å². The van der Waals surface area contributed by atoms with Crippen molar-refractivity contribution in [1.82, 2.24) is 9.47 Å². The van der Waals surface area contributed by atoms with E-state index >= 15 is 0 Å². The maximum atomic E-state index is 7.19. The molecule has 3 nitrogen and oxygen atoms in total. The summed E-state index contributed by atoms with van der Waals surface area (Å²) in [7, 11) is 4.68. The van der Waals surface area contributed by atoms with Crippen LogP contribution >= 0.6 is 0 Å². The summed E-state index contributed by atoms with van der Waals surface area (Å²) >= 11 is 0. The third-order valence-corrected chi connectivity index (χ3v) is 11.2. The second kappa shape index (κ2) is 5.78. The number of fused-ring (bicyclic) bond motifs is 5. The van der Waals surface area contributed by atoms with Gasteiger partial charge in [0.05, 0.1) is 11.1 Å². The van der Waals surface area contributed by atoms with Crippen LogP contribution in [0.25, 0.3) is 21.7 Å². The summed E-state index contributed by atoms with van der Waals surface area (Å²) in [4.78, 5) is 2.67. The highest BCUT2D eigenvalue weighted by molar-refractivity contribution is 6.12. The highest BCUT2D eigenvalue weighted by atomic mass is 16.5. The largest absolute Gasteiger partial charge is 0.483 e. The number of nitrogens with zero attached hydrogens (tertiary/aromatic N) is 2. The zero-order valence-electron chi connectivity index (χ0n) is 21.2. The van der Waals surface area contributed by atoms with E-state index in [0.29, 0.717) is 6.04 Å². The van der Waals surface area contributed by atoms with Crippen molar-refractivity contribution < 1.29 is 4.74 Å². The van der Waals surface area contributed by atoms with E-state index in [9.17, 15) is 0 Å². The fourth-order valence-electron chi connectivity index (χ4n) is 9.69. The molecule has 3 aliphatic carbocycles. The normalized spacial score (nSPS) is 31.7. The topological polar surface area (TPSA) is 17.4 Å². The fraction of sp³-hybridized carbons (Fsp3) is 0.438. The van der Waals surface area contributed by atoms with E-state index in [1.54, 1.807) is 11.1 Å². The van der Waals surface area contributed by atoms with Crippen molar-refractivity contribution in [3.8, 4) is 5.75 Å². The molecule has 1 spiro atoms. The van der Waals surface area contributed by atoms with E-state index in [0.717, 1.165) is 19.4 Å². The Morgan fingerprint density at radius 2 is 1.86 bits per heavy atom. The number of aryl methyl sites for hydroxylation is 4. The van der Waals surface area contributed by atoms with E-state index in [1.165, 1.54) is 74.6 Å². The van der Waals surface area contributed by atoms with Crippen molar-refractivity contribution in [2.45, 2.75) is 63.5 Å². The van der Waals surface area contributed by atoms with Crippen LogP contribution in [0.5, 0.6) is 5.75 Å². The van der Waals surface area contributed by atoms with Crippen molar-refractivity contribution in [2.24, 2.45) is 12.5 Å². The Morgan fingerprint density at radius 3 is 2.74 bits per heavy atom. The van der Waals surface area contributed by atoms with E-state index in [2.05, 4.69) is 73.8 Å². The molecule has 3 heterocycles. The number of likely N-dealkylation sites (tertiary alicyclic amines) is 1. The van der Waals surface area contributed by atoms with Crippen molar-refractivity contribution in [3.63, 3.8) is 0 Å². The lowest BCUT2D eigenvalue weighted by molar-refractivity contribution is -0.0912. The standard InChI is InChI=1S/C32H32N2O/c1-17-8-9-20-15-24-31(2)16-22-26-21-7-5-6-18-10-11-19(25(18)21)14-23(26)34(4)28(22)30-32(31,12-13-33(24)3)27(20)29(17)35-30/h5-9,14,24,30H,10-13,15-16H2,1-4H3/t24-,30+,31+,32+/m1/s1. The summed E-state index contributed by atoms with van der Waals surface area (Å²) in [6.45, 7) is 6.02. The monoisotopic (exact) mass is 460 g/mol. The van der Waals surface area contributed by atoms with Gasteiger partial charge in [-0.05, 0) is 97.3 Å². The van der Waals surface area contributed by atoms with Gasteiger partial charge in [-0.1, -0.05) is 37.3 Å². The van der Waals surface area contributed by atoms with Crippen LogP contribution in [0, 0.1) is 12.3 Å². The lowest BCUT2D eigenvalue weighted by Crippen LogP contribution is -2.68. The molecular weight excluding hydrogens is 428 g/mol. The average molecular weight is 461 g/mol. The molecule has 4 aromatic rings. The third-order valence-electron chi connectivity index (χ3n) is 11.2. The smallest absolute Gasteiger partial charge is 0.149 e. The summed E-state index contributed by atoms with van der Waals surface area (Å²) in [6, 6.07) is 14.8. The first-order valence-corrected chi connectivity index (χ1v) is 13.5. The third kappa shape index (κ3) is 1.88. The summed E-state index contributed by atoms with van der Waals surface area (Å²) < 4.78 is 9.72. The first-order chi connectivity index (χ1) is 16.9. The zero-order valence-corrected chi connectivity index (χ0v) is 21.2. The van der Waals surface area contributed by atoms with E-state index in [4.69, 9.17) is 4.74 Å². The Labute approximate surface area is 206 Å². The number of likely N-dealkylation sites (N-methyl/N-ethyl adjacent to an activating group) is 1. The quantitative estimate of drug-likeness (QED) is 0.323. The van der Waals surface area contributed by atoms with Gasteiger partial charge in [-0.25, -0.2) is 0 Å². The van der Waals surface area contributed by atoms with Gasteiger partial charge in [0, 0.05) is 35.0 Å². The Hall–Kier alpha value is -2.78. The van der Waals surface area contributed by atoms with E-state index in [1.807, 2.05) is 0 Å². The van der Waals surface area contributed by atoms with E-state index in [-0.39, 0.29) is 16.9 Å². The number of piperidine rings is 1. The molecule has 2 aliphatic heterocycles. The van der Waals surface area contributed by atoms with Gasteiger partial charge in [0.25, 0.3) is 0 Å². The van der Waals surface area contributed by atoms with Crippen LogP contribution in [0.1, 0.15) is 58.5 Å². The van der Waals surface area contributed by atoms with Crippen LogP contribution in [-0.4, -0.2) is 29.1 Å². The van der Waals surface area contributed by atoms with Gasteiger partial charge in [-0.15, -0.1) is 0 Å². The molecule has 4 atom stereocenters. The Balaban J connectivity index is 1.44. The Kier molecular flexibility index (Phi) is 3.21. The molecule has 9 rings (SSSR count). The van der Waals surface area contributed by atoms with Gasteiger partial charge in [-0.2, -0.15) is 0 Å². The molecule has 1 saturated heterocycles. The minimum Gasteiger partial charge on any atom is -0.483 e. The van der Waals surface area contributed by atoms with Crippen LogP contribution in [0.2, 0.25) is 0 Å². The van der Waals surface area contributed by atoms with Crippen molar-refractivity contribution in [1.29, 1.82) is 0 Å². The number of rotatable bonds is 0. The average Bonchev–Trinajstić information content (AvgIpc) is 3.49. The molecule has 1 aromatic heterocycles. The van der Waals surface area contributed by atoms with Gasteiger partial charge in [0.1, 0.15) is 11.9 Å². The minimum absolute atomic E-state index is 0.0646. The highest BCUT2D eigenvalue weighted by Gasteiger charge is 2.70. The molecule has 0 radical (unpaired) electrons. The first kappa shape index (κ1) is 19.4. The molecular formula is C32H32N2O. The van der Waals surface area contributed by atoms with Crippen molar-refractivity contribution in [3.05, 3.63) is 75.5 Å². The molecule has 0 saturated carbocycles. The molecule has 0 unspecified atom stereocenters. The molecule has 2 bridgehead atoms. The number of hydrogen-bond acceptors (Lipinski definition) is 2. The van der Waals surface area contributed by atoms with Crippen LogP contribution < -0.4 is 4.74 Å². The van der Waals surface area contributed by atoms with Gasteiger partial charge >= 0.3 is 0 Å². The van der Waals surface area contributed by atoms with Crippen LogP contribution in [0.15, 0.2) is 36.4 Å². The summed E-state index contributed by atoms with van der Waals surface area (Å²) in [5.41, 5.74) is 12.1. The SMILES string of the molecule is Cc1ccc2c3c1O[C@H]1c4c(c5c6cccc7c6c(cc5n4C)CC7)C[C@@]4(C)[C@@H](C2)N(C)CC[C@]314. The summed E-state index contributed by atoms with van der Waals surface area (Å²) in [5, 5.41) is 4.52. The van der Waals surface area contributed by atoms with Crippen molar-refractivity contribution >= 4 is 21.7 Å². The number of ether oxygens (including phenoxy) is 1. The zero-order chi connectivity index (χ0) is 23.4. The van der Waals surface area contributed by atoms with Gasteiger partial charge in [0.2, 0.25) is 0 Å². The highest BCUT2D eigenvalue weighted by Crippen LogP contribution is 2.71. The molecule has 176 valence electrons. The second-order valence-corrected chi connectivity index (χ2v) is 12.5. The Bertz CT molecular complexity index is 1660. The minimum atomic E-state index is 0.0646. The van der Waals surface area contributed by atoms with Crippen LogP contribution in [0.3, 0.4) is 0 Å². The summed E-state index contributed by atoms with van der Waals surface area (Å²) in [6.07, 6.45) is 5.92. The molecule has 0 N–H and O–H groups in total. The molecule has 1 fully saturated rings. The Morgan fingerprint density at radius 1 is 1.00 bits per heavy atom. The lowest BCUT2D eigenvalue weighted by Gasteiger charge is -2.64. The molecule has 3 aromatic carbocycles. The maximum absolute atomic E-state index is 7.19. The predicted molar refractivity (Wildman–Crippen MR) is 141 cm³/mol. The number of hydrogen-bond donors (Lipinski definition) is 0. The first-order valence-electron chi connectivity index (χ1n) is 13.5. The molecule has 35 heavy (non-hydrogen) atoms. The fourth-order valence-corrected chi connectivity index (χ4v) is 9.69. The van der Waals surface area contributed by atoms with Gasteiger partial charge in [0.15, 0.2) is 0 Å². The number of benzene rings is 3. The van der Waals surface area contributed by atoms with Gasteiger partial charge in [-0.3, -0.25) is 0 Å². The molecule has 3 heteroatoms. The maximum Gasteiger partial charge on any atom is 0.149 e. The number of aromatic nitrogens is 1. The second-order valence-electron chi connectivity index (χ2n) is 12.5. The molecule has 5 aliphatic rings. The van der Waals surface area contributed by atoms with Crippen LogP contribution in [-0.2, 0) is 38.1 Å². The van der Waals surface area contributed by atoms with Gasteiger partial charge < -0.3 is 14.2 Å².